The van der Waals surface area contributed by atoms with Crippen molar-refractivity contribution in [1.82, 2.24) is 0 Å². The van der Waals surface area contributed by atoms with E-state index >= 15 is 0 Å². The minimum atomic E-state index is -1.59. The summed E-state index contributed by atoms with van der Waals surface area (Å²) in [5.41, 5.74) is 0.699. The van der Waals surface area contributed by atoms with Gasteiger partial charge in [-0.3, -0.25) is 4.79 Å². The van der Waals surface area contributed by atoms with Crippen LogP contribution < -0.4 is 0 Å². The third-order valence-electron chi connectivity index (χ3n) is 2.39. The number of aliphatic carboxylic acids is 1. The lowest BCUT2D eigenvalue weighted by atomic mass is 10.0. The van der Waals surface area contributed by atoms with E-state index in [0.717, 1.165) is 4.90 Å². The van der Waals surface area contributed by atoms with E-state index in [1.54, 1.807) is 13.0 Å². The molecule has 0 aliphatic heterocycles. The van der Waals surface area contributed by atoms with Crippen molar-refractivity contribution in [2.45, 2.75) is 24.3 Å². The van der Waals surface area contributed by atoms with Gasteiger partial charge in [-0.05, 0) is 24.0 Å². The molecule has 0 amide bonds. The molecule has 0 spiro atoms. The maximum absolute atomic E-state index is 11.7. The van der Waals surface area contributed by atoms with Crippen molar-refractivity contribution < 1.29 is 19.8 Å². The Labute approximate surface area is 104 Å². The molecule has 0 radical (unpaired) electrons. The third kappa shape index (κ3) is 3.08. The summed E-state index contributed by atoms with van der Waals surface area (Å²) in [6, 6.07) is 4.64. The quantitative estimate of drug-likeness (QED) is 0.622. The van der Waals surface area contributed by atoms with Gasteiger partial charge in [0.2, 0.25) is 0 Å². The van der Waals surface area contributed by atoms with Crippen molar-refractivity contribution in [2.24, 2.45) is 0 Å². The van der Waals surface area contributed by atoms with E-state index < -0.39 is 12.1 Å². The Morgan fingerprint density at radius 3 is 2.53 bits per heavy atom. The van der Waals surface area contributed by atoms with Gasteiger partial charge in [0.25, 0.3) is 0 Å². The van der Waals surface area contributed by atoms with Crippen molar-refractivity contribution in [3.63, 3.8) is 0 Å². The molecule has 0 aromatic heterocycles. The molecule has 1 rings (SSSR count). The monoisotopic (exact) mass is 254 g/mol. The number of carbonyl (C=O) groups excluding carboxylic acids is 1. The van der Waals surface area contributed by atoms with Crippen molar-refractivity contribution >= 4 is 23.5 Å². The number of thioether (sulfide) groups is 1. The summed E-state index contributed by atoms with van der Waals surface area (Å²) in [7, 11) is 0. The number of carboxylic acids is 1. The Morgan fingerprint density at radius 1 is 1.41 bits per heavy atom. The fourth-order valence-corrected chi connectivity index (χ4v) is 2.04. The van der Waals surface area contributed by atoms with Crippen LogP contribution in [0.2, 0.25) is 0 Å². The van der Waals surface area contributed by atoms with E-state index in [-0.39, 0.29) is 11.3 Å². The summed E-state index contributed by atoms with van der Waals surface area (Å²) in [5, 5.41) is 18.1. The number of carbonyl (C=O) groups is 2. The number of aliphatic hydroxyl groups excluding tert-OH is 1. The zero-order chi connectivity index (χ0) is 13.0. The van der Waals surface area contributed by atoms with Gasteiger partial charge >= 0.3 is 5.97 Å². The topological polar surface area (TPSA) is 74.6 Å². The van der Waals surface area contributed by atoms with Crippen molar-refractivity contribution in [1.29, 1.82) is 0 Å². The number of benzene rings is 1. The summed E-state index contributed by atoms with van der Waals surface area (Å²) >= 11 is 1.42. The minimum absolute atomic E-state index is 0.0613. The molecule has 0 aliphatic carbocycles. The first-order valence-corrected chi connectivity index (χ1v) is 6.35. The highest BCUT2D eigenvalue weighted by molar-refractivity contribution is 7.98. The molecule has 0 heterocycles. The molecule has 1 atom stereocenters. The zero-order valence-corrected chi connectivity index (χ0v) is 10.5. The zero-order valence-electron chi connectivity index (χ0n) is 9.64. The molecule has 1 aromatic carbocycles. The lowest BCUT2D eigenvalue weighted by Gasteiger charge is -2.10. The van der Waals surface area contributed by atoms with Crippen LogP contribution in [0.25, 0.3) is 0 Å². The smallest absolute Gasteiger partial charge is 0.337 e. The molecule has 2 N–H and O–H groups in total. The van der Waals surface area contributed by atoms with Crippen LogP contribution in [0.15, 0.2) is 23.1 Å². The second-order valence-electron chi connectivity index (χ2n) is 3.48. The second kappa shape index (κ2) is 5.84. The molecule has 0 fully saturated rings. The fourth-order valence-electron chi connectivity index (χ4n) is 1.45. The number of rotatable bonds is 5. The van der Waals surface area contributed by atoms with Crippen LogP contribution in [0.4, 0.5) is 0 Å². The summed E-state index contributed by atoms with van der Waals surface area (Å²) in [5.74, 6) is -1.38. The van der Waals surface area contributed by atoms with E-state index in [1.807, 2.05) is 6.26 Å². The Bertz CT molecular complexity index is 442. The van der Waals surface area contributed by atoms with E-state index in [2.05, 4.69) is 0 Å². The van der Waals surface area contributed by atoms with Gasteiger partial charge in [-0.2, -0.15) is 0 Å². The highest BCUT2D eigenvalue weighted by Crippen LogP contribution is 2.25. The van der Waals surface area contributed by atoms with Crippen LogP contribution in [0.5, 0.6) is 0 Å². The van der Waals surface area contributed by atoms with Gasteiger partial charge in [-0.15, -0.1) is 11.8 Å². The van der Waals surface area contributed by atoms with Crippen LogP contribution >= 0.6 is 11.8 Å². The highest BCUT2D eigenvalue weighted by Gasteiger charge is 2.18. The highest BCUT2D eigenvalue weighted by atomic mass is 32.2. The predicted octanol–water partition coefficient (Wildman–Crippen LogP) is 2.12. The Balaban J connectivity index is 3.22. The van der Waals surface area contributed by atoms with Gasteiger partial charge in [0.15, 0.2) is 11.9 Å². The Morgan fingerprint density at radius 2 is 2.06 bits per heavy atom. The Hall–Kier alpha value is -1.33. The average molecular weight is 254 g/mol. The van der Waals surface area contributed by atoms with Gasteiger partial charge in [-0.25, -0.2) is 4.79 Å². The average Bonchev–Trinajstić information content (AvgIpc) is 2.35. The van der Waals surface area contributed by atoms with Gasteiger partial charge in [0, 0.05) is 16.9 Å². The number of carboxylic acid groups (broad SMARTS) is 1. The number of Topliss-reactive ketones (excluding diaryl/α,β-unsaturated/α-hetero) is 1. The maximum Gasteiger partial charge on any atom is 0.337 e. The van der Waals surface area contributed by atoms with Crippen LogP contribution in [-0.4, -0.2) is 28.2 Å². The number of aliphatic hydroxyl groups is 1. The molecular weight excluding hydrogens is 240 g/mol. The van der Waals surface area contributed by atoms with Gasteiger partial charge in [0.05, 0.1) is 0 Å². The standard InChI is InChI=1S/C12H14O4S/c1-3-9(13)8-6-7(11(14)12(15)16)4-5-10(8)17-2/h4-6,11,14H,3H2,1-2H3,(H,15,16). The van der Waals surface area contributed by atoms with Crippen LogP contribution in [-0.2, 0) is 4.79 Å². The molecule has 0 saturated heterocycles. The first-order chi connectivity index (χ1) is 8.01. The van der Waals surface area contributed by atoms with E-state index in [1.165, 1.54) is 23.9 Å². The molecule has 0 saturated carbocycles. The molecule has 92 valence electrons. The van der Waals surface area contributed by atoms with Crippen molar-refractivity contribution in [3.8, 4) is 0 Å². The predicted molar refractivity (Wildman–Crippen MR) is 65.4 cm³/mol. The maximum atomic E-state index is 11.7. The summed E-state index contributed by atoms with van der Waals surface area (Å²) in [4.78, 5) is 23.2. The molecule has 0 bridgehead atoms. The third-order valence-corrected chi connectivity index (χ3v) is 3.19. The Kier molecular flexibility index (Phi) is 4.72. The summed E-state index contributed by atoms with van der Waals surface area (Å²) < 4.78 is 0. The number of hydrogen-bond acceptors (Lipinski definition) is 4. The summed E-state index contributed by atoms with van der Waals surface area (Å²) in [6.07, 6.45) is 0.601. The molecule has 4 nitrogen and oxygen atoms in total. The lowest BCUT2D eigenvalue weighted by Crippen LogP contribution is -2.11. The molecule has 5 heteroatoms. The molecule has 17 heavy (non-hydrogen) atoms. The largest absolute Gasteiger partial charge is 0.479 e. The first-order valence-electron chi connectivity index (χ1n) is 5.13. The van der Waals surface area contributed by atoms with Crippen LogP contribution in [0, 0.1) is 0 Å². The van der Waals surface area contributed by atoms with Crippen molar-refractivity contribution in [3.05, 3.63) is 29.3 Å². The second-order valence-corrected chi connectivity index (χ2v) is 4.33. The normalized spacial score (nSPS) is 12.2. The van der Waals surface area contributed by atoms with E-state index in [9.17, 15) is 14.7 Å². The minimum Gasteiger partial charge on any atom is -0.479 e. The molecule has 0 aliphatic rings. The molecule has 1 aromatic rings. The lowest BCUT2D eigenvalue weighted by molar-refractivity contribution is -0.146. The SMILES string of the molecule is CCC(=O)c1cc(C(O)C(=O)O)ccc1SC. The van der Waals surface area contributed by atoms with Gasteiger partial charge in [-0.1, -0.05) is 13.0 Å². The van der Waals surface area contributed by atoms with Crippen molar-refractivity contribution in [2.75, 3.05) is 6.26 Å². The van der Waals surface area contributed by atoms with Gasteiger partial charge in [0.1, 0.15) is 0 Å². The number of hydrogen-bond donors (Lipinski definition) is 2. The van der Waals surface area contributed by atoms with E-state index in [4.69, 9.17) is 5.11 Å². The van der Waals surface area contributed by atoms with Crippen LogP contribution in [0.3, 0.4) is 0 Å². The number of ketones is 1. The molecule has 1 unspecified atom stereocenters. The van der Waals surface area contributed by atoms with Gasteiger partial charge < -0.3 is 10.2 Å². The first kappa shape index (κ1) is 13.7. The van der Waals surface area contributed by atoms with E-state index in [0.29, 0.717) is 12.0 Å². The van der Waals surface area contributed by atoms with Crippen LogP contribution in [0.1, 0.15) is 35.4 Å². The molecular formula is C12H14O4S. The fraction of sp³-hybridized carbons (Fsp3) is 0.333. The summed E-state index contributed by atoms with van der Waals surface area (Å²) in [6.45, 7) is 1.74.